The van der Waals surface area contributed by atoms with Gasteiger partial charge in [-0.05, 0) is 42.8 Å². The fraction of sp³-hybridized carbons (Fsp3) is 0.812. The summed E-state index contributed by atoms with van der Waals surface area (Å²) in [5.74, 6) is 0.527. The molecule has 1 unspecified atom stereocenters. The van der Waals surface area contributed by atoms with Crippen LogP contribution in [-0.2, 0) is 22.7 Å². The summed E-state index contributed by atoms with van der Waals surface area (Å²) in [7, 11) is 0. The second-order valence-electron chi connectivity index (χ2n) is 6.75. The third kappa shape index (κ3) is 4.33. The van der Waals surface area contributed by atoms with Gasteiger partial charge in [0.15, 0.2) is 5.82 Å². The number of nitrogens with zero attached hydrogens (tertiary/aromatic N) is 6. The molecular weight excluding hydrogens is 322 g/mol. The quantitative estimate of drug-likeness (QED) is 0.790. The van der Waals surface area contributed by atoms with Crippen LogP contribution in [0.2, 0.25) is 0 Å². The molecular formula is C16H27N7O2. The molecule has 0 spiro atoms. The third-order valence-corrected chi connectivity index (χ3v) is 4.99. The fourth-order valence-electron chi connectivity index (χ4n) is 3.59. The zero-order chi connectivity index (χ0) is 17.6. The summed E-state index contributed by atoms with van der Waals surface area (Å²) in [5.41, 5.74) is 0. The molecule has 2 aliphatic heterocycles. The van der Waals surface area contributed by atoms with Crippen LogP contribution in [0.3, 0.4) is 0 Å². The molecule has 1 atom stereocenters. The minimum absolute atomic E-state index is 0.0800. The Labute approximate surface area is 147 Å². The van der Waals surface area contributed by atoms with Gasteiger partial charge >= 0.3 is 0 Å². The Morgan fingerprint density at radius 3 is 2.68 bits per heavy atom. The number of carbonyl (C=O) groups excluding carboxylic acids is 2. The van der Waals surface area contributed by atoms with E-state index in [4.69, 9.17) is 0 Å². The number of likely N-dealkylation sites (tertiary alicyclic amines) is 1. The van der Waals surface area contributed by atoms with E-state index in [0.29, 0.717) is 31.9 Å². The number of hydrogen-bond acceptors (Lipinski definition) is 6. The molecule has 9 heteroatoms. The highest BCUT2D eigenvalue weighted by atomic mass is 16.2. The van der Waals surface area contributed by atoms with Gasteiger partial charge in [-0.2, -0.15) is 0 Å². The van der Waals surface area contributed by atoms with Crippen LogP contribution in [0.4, 0.5) is 0 Å². The van der Waals surface area contributed by atoms with Gasteiger partial charge in [0.05, 0.1) is 6.54 Å². The molecule has 2 saturated heterocycles. The normalized spacial score (nSPS) is 22.5. The largest absolute Gasteiger partial charge is 0.353 e. The van der Waals surface area contributed by atoms with E-state index < -0.39 is 6.04 Å². The van der Waals surface area contributed by atoms with Gasteiger partial charge in [0, 0.05) is 13.1 Å². The standard InChI is InChI=1S/C16H27N7O2/c1-2-13-16(25)17-7-10-22(13)15(24)12-23-14(18-19-20-23)11-21-8-5-3-4-6-9-21/h13H,2-12H2,1H3,(H,17,25). The first-order chi connectivity index (χ1) is 12.2. The van der Waals surface area contributed by atoms with Gasteiger partial charge in [0.25, 0.3) is 0 Å². The summed E-state index contributed by atoms with van der Waals surface area (Å²) in [5, 5.41) is 14.7. The van der Waals surface area contributed by atoms with E-state index in [-0.39, 0.29) is 18.4 Å². The summed E-state index contributed by atoms with van der Waals surface area (Å²) in [4.78, 5) is 28.6. The third-order valence-electron chi connectivity index (χ3n) is 4.99. The second-order valence-corrected chi connectivity index (χ2v) is 6.75. The first-order valence-corrected chi connectivity index (χ1v) is 9.23. The van der Waals surface area contributed by atoms with Crippen molar-refractivity contribution >= 4 is 11.8 Å². The Morgan fingerprint density at radius 1 is 1.20 bits per heavy atom. The highest BCUT2D eigenvalue weighted by molar-refractivity contribution is 5.88. The summed E-state index contributed by atoms with van der Waals surface area (Å²) in [6, 6.07) is -0.396. The zero-order valence-corrected chi connectivity index (χ0v) is 14.9. The number of hydrogen-bond donors (Lipinski definition) is 1. The summed E-state index contributed by atoms with van der Waals surface area (Å²) < 4.78 is 1.58. The molecule has 2 fully saturated rings. The predicted octanol–water partition coefficient (Wildman–Crippen LogP) is -0.214. The maximum Gasteiger partial charge on any atom is 0.245 e. The van der Waals surface area contributed by atoms with E-state index in [2.05, 4.69) is 25.7 Å². The number of tetrazole rings is 1. The lowest BCUT2D eigenvalue weighted by Crippen LogP contribution is -2.57. The second kappa shape index (κ2) is 8.37. The van der Waals surface area contributed by atoms with Crippen LogP contribution in [-0.4, -0.2) is 74.0 Å². The van der Waals surface area contributed by atoms with Gasteiger partial charge in [0.2, 0.25) is 11.8 Å². The Bertz CT molecular complexity index is 595. The van der Waals surface area contributed by atoms with Crippen LogP contribution >= 0.6 is 0 Å². The lowest BCUT2D eigenvalue weighted by atomic mass is 10.1. The van der Waals surface area contributed by atoms with Crippen molar-refractivity contribution in [2.24, 2.45) is 0 Å². The maximum atomic E-state index is 12.7. The topological polar surface area (TPSA) is 96.2 Å². The molecule has 1 N–H and O–H groups in total. The summed E-state index contributed by atoms with van der Waals surface area (Å²) in [6.07, 6.45) is 5.54. The molecule has 0 aromatic carbocycles. The SMILES string of the molecule is CCC1C(=O)NCCN1C(=O)Cn1nnnc1CN1CCCCCC1. The van der Waals surface area contributed by atoms with Crippen molar-refractivity contribution in [2.75, 3.05) is 26.2 Å². The van der Waals surface area contributed by atoms with Crippen molar-refractivity contribution in [2.45, 2.75) is 58.2 Å². The Morgan fingerprint density at radius 2 is 1.96 bits per heavy atom. The molecule has 0 bridgehead atoms. The van der Waals surface area contributed by atoms with Gasteiger partial charge in [-0.1, -0.05) is 19.8 Å². The fourth-order valence-corrected chi connectivity index (χ4v) is 3.59. The highest BCUT2D eigenvalue weighted by Crippen LogP contribution is 2.13. The van der Waals surface area contributed by atoms with Gasteiger partial charge in [-0.25, -0.2) is 4.68 Å². The molecule has 0 aliphatic carbocycles. The first kappa shape index (κ1) is 17.8. The lowest BCUT2D eigenvalue weighted by molar-refractivity contribution is -0.144. The molecule has 1 aromatic heterocycles. The predicted molar refractivity (Wildman–Crippen MR) is 90.4 cm³/mol. The first-order valence-electron chi connectivity index (χ1n) is 9.23. The van der Waals surface area contributed by atoms with Gasteiger partial charge in [0.1, 0.15) is 12.6 Å². The van der Waals surface area contributed by atoms with E-state index in [1.54, 1.807) is 9.58 Å². The number of piperazine rings is 1. The number of amides is 2. The van der Waals surface area contributed by atoms with Crippen LogP contribution in [0.1, 0.15) is 44.9 Å². The minimum atomic E-state index is -0.396. The van der Waals surface area contributed by atoms with Crippen LogP contribution in [0, 0.1) is 0 Å². The minimum Gasteiger partial charge on any atom is -0.353 e. The molecule has 2 amide bonds. The Kier molecular flexibility index (Phi) is 5.95. The van der Waals surface area contributed by atoms with Crippen molar-refractivity contribution in [1.29, 1.82) is 0 Å². The maximum absolute atomic E-state index is 12.7. The average Bonchev–Trinajstić information content (AvgIpc) is 2.87. The number of aromatic nitrogens is 4. The molecule has 3 rings (SSSR count). The number of rotatable bonds is 5. The van der Waals surface area contributed by atoms with Crippen molar-refractivity contribution in [1.82, 2.24) is 35.3 Å². The molecule has 138 valence electrons. The lowest BCUT2D eigenvalue weighted by Gasteiger charge is -2.34. The summed E-state index contributed by atoms with van der Waals surface area (Å²) >= 11 is 0. The van der Waals surface area contributed by atoms with Gasteiger partial charge in [-0.15, -0.1) is 5.10 Å². The van der Waals surface area contributed by atoms with Gasteiger partial charge in [-0.3, -0.25) is 14.5 Å². The van der Waals surface area contributed by atoms with E-state index in [1.807, 2.05) is 6.92 Å². The molecule has 25 heavy (non-hydrogen) atoms. The Balaban J connectivity index is 1.63. The number of carbonyl (C=O) groups is 2. The molecule has 2 aliphatic rings. The average molecular weight is 349 g/mol. The molecule has 3 heterocycles. The zero-order valence-electron chi connectivity index (χ0n) is 14.9. The summed E-state index contributed by atoms with van der Waals surface area (Å²) in [6.45, 7) is 5.79. The Hall–Kier alpha value is -2.03. The van der Waals surface area contributed by atoms with Crippen molar-refractivity contribution in [3.05, 3.63) is 5.82 Å². The smallest absolute Gasteiger partial charge is 0.245 e. The molecule has 9 nitrogen and oxygen atoms in total. The van der Waals surface area contributed by atoms with Crippen molar-refractivity contribution in [3.8, 4) is 0 Å². The van der Waals surface area contributed by atoms with Crippen molar-refractivity contribution < 1.29 is 9.59 Å². The van der Waals surface area contributed by atoms with Crippen molar-refractivity contribution in [3.63, 3.8) is 0 Å². The molecule has 0 radical (unpaired) electrons. The van der Waals surface area contributed by atoms with E-state index >= 15 is 0 Å². The molecule has 0 saturated carbocycles. The molecule has 1 aromatic rings. The van der Waals surface area contributed by atoms with E-state index in [1.165, 1.54) is 25.7 Å². The van der Waals surface area contributed by atoms with Crippen LogP contribution in [0.15, 0.2) is 0 Å². The van der Waals surface area contributed by atoms with Crippen LogP contribution in [0.5, 0.6) is 0 Å². The highest BCUT2D eigenvalue weighted by Gasteiger charge is 2.32. The van der Waals surface area contributed by atoms with Crippen LogP contribution in [0.25, 0.3) is 0 Å². The van der Waals surface area contributed by atoms with Gasteiger partial charge < -0.3 is 10.2 Å². The monoisotopic (exact) mass is 349 g/mol. The van der Waals surface area contributed by atoms with E-state index in [9.17, 15) is 9.59 Å². The number of nitrogens with one attached hydrogen (secondary N) is 1. The van der Waals surface area contributed by atoms with Crippen LogP contribution < -0.4 is 5.32 Å². The van der Waals surface area contributed by atoms with E-state index in [0.717, 1.165) is 13.1 Å².